The van der Waals surface area contributed by atoms with E-state index in [9.17, 15) is 9.59 Å². The van der Waals surface area contributed by atoms with Crippen LogP contribution < -0.4 is 11.1 Å². The Morgan fingerprint density at radius 2 is 1.95 bits per heavy atom. The summed E-state index contributed by atoms with van der Waals surface area (Å²) < 4.78 is 0. The van der Waals surface area contributed by atoms with Crippen molar-refractivity contribution in [3.63, 3.8) is 0 Å². The molecule has 0 radical (unpaired) electrons. The number of nitrogens with two attached hydrogens (primary N) is 1. The third-order valence-corrected chi connectivity index (χ3v) is 4.42. The fourth-order valence-electron chi connectivity index (χ4n) is 2.35. The number of rotatable bonds is 5. The zero-order valence-corrected chi connectivity index (χ0v) is 13.0. The number of carbonyl (C=O) groups is 2. The molecule has 6 heteroatoms. The van der Waals surface area contributed by atoms with Gasteiger partial charge in [-0.25, -0.2) is 0 Å². The van der Waals surface area contributed by atoms with Gasteiger partial charge in [-0.1, -0.05) is 6.07 Å². The summed E-state index contributed by atoms with van der Waals surface area (Å²) in [5.74, 6) is 0.0289. The lowest BCUT2D eigenvalue weighted by atomic mass is 9.92. The summed E-state index contributed by atoms with van der Waals surface area (Å²) in [4.78, 5) is 24.3. The third-order valence-electron chi connectivity index (χ3n) is 3.51. The van der Waals surface area contributed by atoms with E-state index in [1.54, 1.807) is 6.07 Å². The number of carbonyl (C=O) groups excluding carboxylic acids is 2. The lowest BCUT2D eigenvalue weighted by Gasteiger charge is -2.26. The highest BCUT2D eigenvalue weighted by Crippen LogP contribution is 2.17. The van der Waals surface area contributed by atoms with Crippen LogP contribution in [0.4, 0.5) is 0 Å². The Hall–Kier alpha value is -0.910. The van der Waals surface area contributed by atoms with Crippen LogP contribution in [0, 0.1) is 0 Å². The van der Waals surface area contributed by atoms with Gasteiger partial charge in [0.1, 0.15) is 0 Å². The lowest BCUT2D eigenvalue weighted by molar-refractivity contribution is -0.122. The molecule has 1 aliphatic carbocycles. The molecule has 20 heavy (non-hydrogen) atoms. The van der Waals surface area contributed by atoms with Crippen molar-refractivity contribution in [3.05, 3.63) is 22.4 Å². The van der Waals surface area contributed by atoms with Gasteiger partial charge in [-0.3, -0.25) is 9.59 Å². The van der Waals surface area contributed by atoms with Gasteiger partial charge in [0.2, 0.25) is 5.91 Å². The van der Waals surface area contributed by atoms with Crippen LogP contribution in [0.3, 0.4) is 0 Å². The number of amides is 1. The average molecular weight is 317 g/mol. The summed E-state index contributed by atoms with van der Waals surface area (Å²) in [6, 6.07) is 4.18. The zero-order chi connectivity index (χ0) is 13.7. The summed E-state index contributed by atoms with van der Waals surface area (Å²) in [5.41, 5.74) is 5.82. The molecule has 1 saturated carbocycles. The molecule has 1 fully saturated rings. The van der Waals surface area contributed by atoms with E-state index < -0.39 is 0 Å². The Labute approximate surface area is 129 Å². The van der Waals surface area contributed by atoms with Crippen molar-refractivity contribution < 1.29 is 9.59 Å². The van der Waals surface area contributed by atoms with Gasteiger partial charge in [0.15, 0.2) is 5.78 Å². The number of hydrogen-bond donors (Lipinski definition) is 2. The number of nitrogens with one attached hydrogen (secondary N) is 1. The topological polar surface area (TPSA) is 72.2 Å². The molecule has 0 unspecified atom stereocenters. The molecule has 0 aromatic carbocycles. The number of Topliss-reactive ketones (excluding diaryl/α,β-unsaturated/α-hetero) is 1. The highest BCUT2D eigenvalue weighted by atomic mass is 35.5. The van der Waals surface area contributed by atoms with Crippen molar-refractivity contribution in [2.24, 2.45) is 5.73 Å². The SMILES string of the molecule is Cl.NC1CCC(NC(=O)CCC(=O)c2cccs2)CC1. The summed E-state index contributed by atoms with van der Waals surface area (Å²) in [7, 11) is 0. The van der Waals surface area contributed by atoms with Crippen LogP contribution in [0.5, 0.6) is 0 Å². The first-order valence-corrected chi connectivity index (χ1v) is 7.65. The second-order valence-corrected chi connectivity index (χ2v) is 6.03. The van der Waals surface area contributed by atoms with E-state index in [1.165, 1.54) is 11.3 Å². The van der Waals surface area contributed by atoms with Gasteiger partial charge in [0.25, 0.3) is 0 Å². The van der Waals surface area contributed by atoms with Crippen LogP contribution in [-0.2, 0) is 4.79 Å². The van der Waals surface area contributed by atoms with Gasteiger partial charge >= 0.3 is 0 Å². The number of halogens is 1. The summed E-state index contributed by atoms with van der Waals surface area (Å²) in [5, 5.41) is 4.87. The van der Waals surface area contributed by atoms with Crippen LogP contribution in [0.25, 0.3) is 0 Å². The molecule has 4 nitrogen and oxygen atoms in total. The van der Waals surface area contributed by atoms with Gasteiger partial charge in [-0.05, 0) is 37.1 Å². The van der Waals surface area contributed by atoms with Crippen molar-refractivity contribution in [3.8, 4) is 0 Å². The van der Waals surface area contributed by atoms with Crippen LogP contribution in [-0.4, -0.2) is 23.8 Å². The maximum Gasteiger partial charge on any atom is 0.220 e. The van der Waals surface area contributed by atoms with Crippen LogP contribution >= 0.6 is 23.7 Å². The molecule has 1 aromatic rings. The van der Waals surface area contributed by atoms with E-state index in [2.05, 4.69) is 5.32 Å². The molecule has 0 aliphatic heterocycles. The lowest BCUT2D eigenvalue weighted by Crippen LogP contribution is -2.40. The van der Waals surface area contributed by atoms with Crippen LogP contribution in [0.15, 0.2) is 17.5 Å². The highest BCUT2D eigenvalue weighted by Gasteiger charge is 2.20. The van der Waals surface area contributed by atoms with E-state index >= 15 is 0 Å². The van der Waals surface area contributed by atoms with E-state index in [0.29, 0.717) is 6.42 Å². The maximum atomic E-state index is 11.8. The van der Waals surface area contributed by atoms with Gasteiger partial charge < -0.3 is 11.1 Å². The predicted octanol–water partition coefficient (Wildman–Crippen LogP) is 2.52. The van der Waals surface area contributed by atoms with Crippen molar-refractivity contribution in [1.29, 1.82) is 0 Å². The Balaban J connectivity index is 0.00000200. The van der Waals surface area contributed by atoms with Crippen LogP contribution in [0.2, 0.25) is 0 Å². The molecule has 1 aromatic heterocycles. The summed E-state index contributed by atoms with van der Waals surface area (Å²) >= 11 is 1.42. The molecule has 3 N–H and O–H groups in total. The Bertz CT molecular complexity index is 428. The predicted molar refractivity (Wildman–Crippen MR) is 83.5 cm³/mol. The Morgan fingerprint density at radius 3 is 2.55 bits per heavy atom. The van der Waals surface area contributed by atoms with Crippen molar-refractivity contribution in [2.75, 3.05) is 0 Å². The van der Waals surface area contributed by atoms with E-state index in [1.807, 2.05) is 11.4 Å². The van der Waals surface area contributed by atoms with E-state index in [0.717, 1.165) is 30.6 Å². The quantitative estimate of drug-likeness (QED) is 0.820. The monoisotopic (exact) mass is 316 g/mol. The van der Waals surface area contributed by atoms with Crippen molar-refractivity contribution in [1.82, 2.24) is 5.32 Å². The van der Waals surface area contributed by atoms with Gasteiger partial charge in [0, 0.05) is 24.9 Å². The molecule has 1 amide bonds. The highest BCUT2D eigenvalue weighted by molar-refractivity contribution is 7.12. The van der Waals surface area contributed by atoms with Gasteiger partial charge in [0.05, 0.1) is 4.88 Å². The molecule has 1 heterocycles. The fourth-order valence-corrected chi connectivity index (χ4v) is 3.05. The molecular formula is C14H21ClN2O2S. The molecule has 0 spiro atoms. The first-order valence-electron chi connectivity index (χ1n) is 6.77. The average Bonchev–Trinajstić information content (AvgIpc) is 2.93. The molecule has 0 saturated heterocycles. The molecule has 0 atom stereocenters. The molecule has 1 aliphatic rings. The van der Waals surface area contributed by atoms with Crippen molar-refractivity contribution >= 4 is 35.4 Å². The minimum Gasteiger partial charge on any atom is -0.353 e. The molecule has 2 rings (SSSR count). The molecule has 0 bridgehead atoms. The second kappa shape index (κ2) is 8.39. The van der Waals surface area contributed by atoms with Gasteiger partial charge in [-0.2, -0.15) is 0 Å². The fraction of sp³-hybridized carbons (Fsp3) is 0.571. The first-order chi connectivity index (χ1) is 9.15. The largest absolute Gasteiger partial charge is 0.353 e. The number of thiophene rings is 1. The Morgan fingerprint density at radius 1 is 1.25 bits per heavy atom. The smallest absolute Gasteiger partial charge is 0.220 e. The minimum absolute atomic E-state index is 0. The number of ketones is 1. The third kappa shape index (κ3) is 5.23. The van der Waals surface area contributed by atoms with Crippen LogP contribution in [0.1, 0.15) is 48.2 Å². The first kappa shape index (κ1) is 17.1. The van der Waals surface area contributed by atoms with E-state index in [-0.39, 0.29) is 42.6 Å². The maximum absolute atomic E-state index is 11.8. The minimum atomic E-state index is -0.0228. The Kier molecular flexibility index (Phi) is 7.19. The normalized spacial score (nSPS) is 21.9. The zero-order valence-electron chi connectivity index (χ0n) is 11.3. The summed E-state index contributed by atoms with van der Waals surface area (Å²) in [6.07, 6.45) is 4.41. The second-order valence-electron chi connectivity index (χ2n) is 5.08. The number of hydrogen-bond acceptors (Lipinski definition) is 4. The van der Waals surface area contributed by atoms with Crippen molar-refractivity contribution in [2.45, 2.75) is 50.6 Å². The summed E-state index contributed by atoms with van der Waals surface area (Å²) in [6.45, 7) is 0. The standard InChI is InChI=1S/C14H20N2O2S.ClH/c15-10-3-5-11(6-4-10)16-14(18)8-7-12(17)13-2-1-9-19-13;/h1-2,9-11H,3-8,15H2,(H,16,18);1H. The molecular weight excluding hydrogens is 296 g/mol. The molecule has 112 valence electrons. The van der Waals surface area contributed by atoms with Gasteiger partial charge in [-0.15, -0.1) is 23.7 Å². The van der Waals surface area contributed by atoms with E-state index in [4.69, 9.17) is 5.73 Å².